The average molecular weight is 314 g/mol. The lowest BCUT2D eigenvalue weighted by molar-refractivity contribution is 0.0832. The number of benzene rings is 1. The van der Waals surface area contributed by atoms with Crippen molar-refractivity contribution in [2.24, 2.45) is 0 Å². The van der Waals surface area contributed by atoms with Crippen LogP contribution in [0.1, 0.15) is 37.0 Å². The fraction of sp³-hybridized carbons (Fsp3) is 0.562. The molecule has 2 atom stereocenters. The highest BCUT2D eigenvalue weighted by atomic mass is 35.5. The number of rotatable bonds is 5. The molecule has 1 heterocycles. The van der Waals surface area contributed by atoms with Crippen molar-refractivity contribution < 1.29 is 4.79 Å². The fourth-order valence-corrected chi connectivity index (χ4v) is 3.05. The van der Waals surface area contributed by atoms with Crippen molar-refractivity contribution in [3.63, 3.8) is 0 Å². The summed E-state index contributed by atoms with van der Waals surface area (Å²) < 4.78 is 0. The Bertz CT molecular complexity index is 449. The lowest BCUT2D eigenvalue weighted by atomic mass is 9.93. The van der Waals surface area contributed by atoms with Crippen molar-refractivity contribution in [3.8, 4) is 0 Å². The second kappa shape index (κ2) is 6.46. The van der Waals surface area contributed by atoms with Crippen LogP contribution in [0.4, 0.5) is 0 Å². The zero-order chi connectivity index (χ0) is 14.8. The number of Topliss-reactive ketones (excluding diaryl/α,β-unsaturated/α-hetero) is 1. The van der Waals surface area contributed by atoms with Crippen LogP contribution in [0.25, 0.3) is 0 Å². The smallest absolute Gasteiger partial charge is 0.181 e. The first kappa shape index (κ1) is 15.8. The molecule has 2 unspecified atom stereocenters. The molecule has 1 aliphatic heterocycles. The Morgan fingerprint density at radius 1 is 1.20 bits per heavy atom. The van der Waals surface area contributed by atoms with Crippen LogP contribution in [0.15, 0.2) is 30.3 Å². The number of ketones is 1. The normalized spacial score (nSPS) is 19.8. The molecular formula is C16H21Cl2NO. The number of hydrogen-bond donors (Lipinski definition) is 0. The molecule has 0 aromatic heterocycles. The summed E-state index contributed by atoms with van der Waals surface area (Å²) in [4.78, 5) is 14.4. The number of halogens is 2. The maximum absolute atomic E-state index is 12.8. The molecule has 1 aromatic rings. The summed E-state index contributed by atoms with van der Waals surface area (Å²) in [6, 6.07) is 9.00. The van der Waals surface area contributed by atoms with Crippen molar-refractivity contribution >= 4 is 29.0 Å². The molecule has 0 aliphatic carbocycles. The molecular weight excluding hydrogens is 293 g/mol. The Morgan fingerprint density at radius 3 is 2.25 bits per heavy atom. The Balaban J connectivity index is 2.29. The van der Waals surface area contributed by atoms with Crippen molar-refractivity contribution in [2.75, 3.05) is 13.1 Å². The molecule has 1 saturated heterocycles. The van der Waals surface area contributed by atoms with Crippen molar-refractivity contribution in [3.05, 3.63) is 35.9 Å². The minimum atomic E-state index is -0.626. The summed E-state index contributed by atoms with van der Waals surface area (Å²) >= 11 is 12.9. The maximum Gasteiger partial charge on any atom is 0.181 e. The predicted molar refractivity (Wildman–Crippen MR) is 84.9 cm³/mol. The van der Waals surface area contributed by atoms with E-state index in [1.165, 1.54) is 0 Å². The van der Waals surface area contributed by atoms with Crippen LogP contribution in [-0.4, -0.2) is 40.1 Å². The summed E-state index contributed by atoms with van der Waals surface area (Å²) in [5.74, 6) is 0.0706. The van der Waals surface area contributed by atoms with Crippen LogP contribution in [0, 0.1) is 0 Å². The monoisotopic (exact) mass is 313 g/mol. The number of nitrogens with zero attached hydrogens (tertiary/aromatic N) is 1. The first-order chi connectivity index (χ1) is 9.41. The molecule has 0 radical (unpaired) electrons. The highest BCUT2D eigenvalue weighted by molar-refractivity contribution is 6.33. The molecule has 0 saturated carbocycles. The number of hydrogen-bond acceptors (Lipinski definition) is 2. The molecule has 20 heavy (non-hydrogen) atoms. The molecule has 0 spiro atoms. The molecule has 1 aliphatic rings. The van der Waals surface area contributed by atoms with Crippen LogP contribution in [0.2, 0.25) is 0 Å². The Hall–Kier alpha value is -0.570. The van der Waals surface area contributed by atoms with E-state index < -0.39 is 10.3 Å². The zero-order valence-electron chi connectivity index (χ0n) is 12.0. The Kier molecular flexibility index (Phi) is 5.11. The van der Waals surface area contributed by atoms with Crippen LogP contribution in [0.5, 0.6) is 0 Å². The van der Waals surface area contributed by atoms with Gasteiger partial charge in [-0.25, -0.2) is 0 Å². The van der Waals surface area contributed by atoms with Gasteiger partial charge in [0.2, 0.25) is 0 Å². The third kappa shape index (κ3) is 3.55. The van der Waals surface area contributed by atoms with Crippen LogP contribution < -0.4 is 0 Å². The van der Waals surface area contributed by atoms with E-state index in [1.807, 2.05) is 44.2 Å². The highest BCUT2D eigenvalue weighted by Crippen LogP contribution is 2.31. The fourth-order valence-electron chi connectivity index (χ4n) is 2.65. The van der Waals surface area contributed by atoms with Gasteiger partial charge in [-0.3, -0.25) is 9.69 Å². The Morgan fingerprint density at radius 2 is 1.75 bits per heavy atom. The summed E-state index contributed by atoms with van der Waals surface area (Å²) in [5, 5.41) is -0.421. The number of carbonyl (C=O) groups is 1. The van der Waals surface area contributed by atoms with Crippen LogP contribution >= 0.6 is 23.2 Å². The van der Waals surface area contributed by atoms with Gasteiger partial charge in [0.1, 0.15) is 0 Å². The molecule has 0 bridgehead atoms. The van der Waals surface area contributed by atoms with Gasteiger partial charge in [0.05, 0.1) is 16.3 Å². The first-order valence-electron chi connectivity index (χ1n) is 7.07. The van der Waals surface area contributed by atoms with Gasteiger partial charge in [-0.05, 0) is 39.8 Å². The molecule has 1 aromatic carbocycles. The zero-order valence-corrected chi connectivity index (χ0v) is 13.5. The van der Waals surface area contributed by atoms with E-state index in [2.05, 4.69) is 4.90 Å². The van der Waals surface area contributed by atoms with Crippen molar-refractivity contribution in [2.45, 2.75) is 43.0 Å². The van der Waals surface area contributed by atoms with E-state index in [0.717, 1.165) is 25.9 Å². The summed E-state index contributed by atoms with van der Waals surface area (Å²) in [6.45, 7) is 5.57. The number of carbonyl (C=O) groups excluding carboxylic acids is 1. The third-order valence-corrected chi connectivity index (χ3v) is 4.92. The number of alkyl halides is 2. The van der Waals surface area contributed by atoms with E-state index >= 15 is 0 Å². The second-order valence-electron chi connectivity index (χ2n) is 5.88. The van der Waals surface area contributed by atoms with Gasteiger partial charge >= 0.3 is 0 Å². The van der Waals surface area contributed by atoms with Crippen LogP contribution in [-0.2, 0) is 0 Å². The van der Waals surface area contributed by atoms with Gasteiger partial charge in [0.15, 0.2) is 5.78 Å². The quantitative estimate of drug-likeness (QED) is 0.606. The van der Waals surface area contributed by atoms with Gasteiger partial charge < -0.3 is 0 Å². The van der Waals surface area contributed by atoms with E-state index in [4.69, 9.17) is 23.2 Å². The van der Waals surface area contributed by atoms with Crippen LogP contribution in [0.3, 0.4) is 0 Å². The SMILES string of the molecule is CC(C)(Cl)C(Cl)C(C(=O)c1ccccc1)N1CCCC1. The summed E-state index contributed by atoms with van der Waals surface area (Å²) in [5.41, 5.74) is 0.705. The van der Waals surface area contributed by atoms with Crippen molar-refractivity contribution in [1.29, 1.82) is 0 Å². The minimum absolute atomic E-state index is 0.0706. The summed E-state index contributed by atoms with van der Waals surface area (Å²) in [6.07, 6.45) is 2.23. The Labute approximate surface area is 131 Å². The summed E-state index contributed by atoms with van der Waals surface area (Å²) in [7, 11) is 0. The lowest BCUT2D eigenvalue weighted by Crippen LogP contribution is -2.51. The maximum atomic E-state index is 12.8. The predicted octanol–water partition coefficient (Wildman–Crippen LogP) is 3.96. The largest absolute Gasteiger partial charge is 0.292 e. The lowest BCUT2D eigenvalue weighted by Gasteiger charge is -2.35. The third-order valence-electron chi connectivity index (χ3n) is 3.79. The van der Waals surface area contributed by atoms with Gasteiger partial charge in [-0.15, -0.1) is 23.2 Å². The molecule has 0 amide bonds. The van der Waals surface area contributed by atoms with Gasteiger partial charge in [0, 0.05) is 5.56 Å². The van der Waals surface area contributed by atoms with E-state index in [0.29, 0.717) is 5.56 Å². The molecule has 4 heteroatoms. The molecule has 2 nitrogen and oxygen atoms in total. The molecule has 2 rings (SSSR count). The van der Waals surface area contributed by atoms with Gasteiger partial charge in [-0.1, -0.05) is 30.3 Å². The average Bonchev–Trinajstić information content (AvgIpc) is 2.92. The molecule has 1 fully saturated rings. The minimum Gasteiger partial charge on any atom is -0.292 e. The molecule has 110 valence electrons. The van der Waals surface area contributed by atoms with Gasteiger partial charge in [-0.2, -0.15) is 0 Å². The topological polar surface area (TPSA) is 20.3 Å². The van der Waals surface area contributed by atoms with E-state index in [9.17, 15) is 4.79 Å². The van der Waals surface area contributed by atoms with Crippen molar-refractivity contribution in [1.82, 2.24) is 4.90 Å². The second-order valence-corrected chi connectivity index (χ2v) is 7.33. The first-order valence-corrected chi connectivity index (χ1v) is 7.89. The molecule has 0 N–H and O–H groups in total. The van der Waals surface area contributed by atoms with Gasteiger partial charge in [0.25, 0.3) is 0 Å². The van der Waals surface area contributed by atoms with E-state index in [1.54, 1.807) is 0 Å². The number of likely N-dealkylation sites (tertiary alicyclic amines) is 1. The van der Waals surface area contributed by atoms with E-state index in [-0.39, 0.29) is 11.8 Å². The highest BCUT2D eigenvalue weighted by Gasteiger charge is 2.41. The standard InChI is InChI=1S/C16H21Cl2NO/c1-16(2,18)15(17)13(19-10-6-7-11-19)14(20)12-8-4-3-5-9-12/h3-5,8-9,13,15H,6-7,10-11H2,1-2H3.